The molecule has 0 atom stereocenters. The molecule has 21 heavy (non-hydrogen) atoms. The van der Waals surface area contributed by atoms with Gasteiger partial charge in [-0.2, -0.15) is 0 Å². The number of aromatic nitrogens is 1. The van der Waals surface area contributed by atoms with Gasteiger partial charge in [0, 0.05) is 27.4 Å². The van der Waals surface area contributed by atoms with Gasteiger partial charge in [-0.3, -0.25) is 0 Å². The third-order valence-corrected chi connectivity index (χ3v) is 3.64. The van der Waals surface area contributed by atoms with Crippen LogP contribution in [0.4, 0.5) is 5.69 Å². The van der Waals surface area contributed by atoms with E-state index in [-0.39, 0.29) is 0 Å². The molecule has 0 radical (unpaired) electrons. The van der Waals surface area contributed by atoms with Crippen LogP contribution in [0.2, 0.25) is 5.02 Å². The average Bonchev–Trinajstić information content (AvgIpc) is 2.48. The molecule has 1 aromatic heterocycles. The van der Waals surface area contributed by atoms with Crippen molar-refractivity contribution < 1.29 is 4.74 Å². The van der Waals surface area contributed by atoms with Gasteiger partial charge in [0.05, 0.1) is 0 Å². The van der Waals surface area contributed by atoms with Crippen molar-refractivity contribution in [1.82, 2.24) is 4.98 Å². The van der Waals surface area contributed by atoms with Gasteiger partial charge in [-0.05, 0) is 37.3 Å². The highest BCUT2D eigenvalue weighted by atomic mass is 35.5. The number of hydrogen-bond donors (Lipinski definition) is 1. The van der Waals surface area contributed by atoms with Crippen LogP contribution in [0, 0.1) is 6.92 Å². The lowest BCUT2D eigenvalue weighted by molar-refractivity contribution is 0.309. The molecule has 0 fully saturated rings. The summed E-state index contributed by atoms with van der Waals surface area (Å²) in [5.41, 5.74) is 9.13. The largest absolute Gasteiger partial charge is 0.487 e. The van der Waals surface area contributed by atoms with Crippen LogP contribution < -0.4 is 10.5 Å². The van der Waals surface area contributed by atoms with E-state index in [0.717, 1.165) is 27.9 Å². The van der Waals surface area contributed by atoms with Gasteiger partial charge in [0.2, 0.25) is 0 Å². The molecule has 0 spiro atoms. The summed E-state index contributed by atoms with van der Waals surface area (Å²) in [6.45, 7) is 2.32. The van der Waals surface area contributed by atoms with E-state index in [9.17, 15) is 0 Å². The van der Waals surface area contributed by atoms with E-state index in [1.165, 1.54) is 0 Å². The summed E-state index contributed by atoms with van der Waals surface area (Å²) in [7, 11) is 0. The van der Waals surface area contributed by atoms with Crippen molar-refractivity contribution in [3.05, 3.63) is 64.8 Å². The van der Waals surface area contributed by atoms with Gasteiger partial charge in [-0.15, -0.1) is 0 Å². The number of anilines is 1. The predicted molar refractivity (Wildman–Crippen MR) is 86.7 cm³/mol. The number of halogens is 1. The van der Waals surface area contributed by atoms with Crippen LogP contribution in [0.1, 0.15) is 11.3 Å². The lowest BCUT2D eigenvalue weighted by Crippen LogP contribution is -1.99. The van der Waals surface area contributed by atoms with Crippen molar-refractivity contribution in [3.8, 4) is 5.75 Å². The summed E-state index contributed by atoms with van der Waals surface area (Å²) >= 11 is 6.15. The Labute approximate surface area is 128 Å². The standard InChI is InChI=1S/C17H15ClN2O/c1-11-5-6-12-3-2-4-16(17(12)20-11)21-10-13-9-14(19)7-8-15(13)18/h2-9H,10,19H2,1H3. The molecule has 0 saturated carbocycles. The molecule has 2 N–H and O–H groups in total. The fourth-order valence-corrected chi connectivity index (χ4v) is 2.37. The smallest absolute Gasteiger partial charge is 0.146 e. The Morgan fingerprint density at radius 3 is 2.86 bits per heavy atom. The summed E-state index contributed by atoms with van der Waals surface area (Å²) in [5, 5.41) is 1.70. The quantitative estimate of drug-likeness (QED) is 0.731. The number of nitrogens with two attached hydrogens (primary N) is 1. The summed E-state index contributed by atoms with van der Waals surface area (Å²) in [6, 6.07) is 15.3. The maximum absolute atomic E-state index is 6.15. The minimum absolute atomic E-state index is 0.360. The number of aryl methyl sites for hydroxylation is 1. The van der Waals surface area contributed by atoms with Gasteiger partial charge in [0.1, 0.15) is 17.9 Å². The molecular formula is C17H15ClN2O. The summed E-state index contributed by atoms with van der Waals surface area (Å²) in [6.07, 6.45) is 0. The normalized spacial score (nSPS) is 10.8. The van der Waals surface area contributed by atoms with E-state index in [0.29, 0.717) is 17.3 Å². The minimum Gasteiger partial charge on any atom is -0.487 e. The highest BCUT2D eigenvalue weighted by Gasteiger charge is 2.06. The highest BCUT2D eigenvalue weighted by molar-refractivity contribution is 6.31. The lowest BCUT2D eigenvalue weighted by atomic mass is 10.2. The number of fused-ring (bicyclic) bond motifs is 1. The zero-order chi connectivity index (χ0) is 14.8. The van der Waals surface area contributed by atoms with Crippen molar-refractivity contribution in [2.45, 2.75) is 13.5 Å². The third kappa shape index (κ3) is 2.93. The Bertz CT molecular complexity index is 802. The number of pyridine rings is 1. The number of para-hydroxylation sites is 1. The van der Waals surface area contributed by atoms with E-state index in [4.69, 9.17) is 22.1 Å². The Hall–Kier alpha value is -2.26. The first kappa shape index (κ1) is 13.7. The average molecular weight is 299 g/mol. The number of ether oxygens (including phenoxy) is 1. The van der Waals surface area contributed by atoms with Crippen molar-refractivity contribution in [1.29, 1.82) is 0 Å². The Morgan fingerprint density at radius 1 is 1.14 bits per heavy atom. The van der Waals surface area contributed by atoms with Crippen LogP contribution >= 0.6 is 11.6 Å². The van der Waals surface area contributed by atoms with E-state index in [2.05, 4.69) is 4.98 Å². The van der Waals surface area contributed by atoms with Gasteiger partial charge in [-0.25, -0.2) is 4.98 Å². The second-order valence-corrected chi connectivity index (χ2v) is 5.33. The van der Waals surface area contributed by atoms with Crippen LogP contribution in [-0.4, -0.2) is 4.98 Å². The molecule has 4 heteroatoms. The van der Waals surface area contributed by atoms with E-state index in [1.807, 2.05) is 43.3 Å². The molecule has 0 unspecified atom stereocenters. The zero-order valence-electron chi connectivity index (χ0n) is 11.6. The van der Waals surface area contributed by atoms with E-state index in [1.54, 1.807) is 12.1 Å². The molecule has 0 saturated heterocycles. The first-order valence-corrected chi connectivity index (χ1v) is 7.04. The maximum Gasteiger partial charge on any atom is 0.146 e. The number of benzene rings is 2. The molecule has 1 heterocycles. The second kappa shape index (κ2) is 5.62. The van der Waals surface area contributed by atoms with Crippen LogP contribution in [-0.2, 0) is 6.61 Å². The molecule has 3 rings (SSSR count). The summed E-state index contributed by atoms with van der Waals surface area (Å²) in [5.74, 6) is 0.745. The van der Waals surface area contributed by atoms with Gasteiger partial charge in [0.25, 0.3) is 0 Å². The van der Waals surface area contributed by atoms with Crippen LogP contribution in [0.5, 0.6) is 5.75 Å². The van der Waals surface area contributed by atoms with E-state index < -0.39 is 0 Å². The fraction of sp³-hybridized carbons (Fsp3) is 0.118. The lowest BCUT2D eigenvalue weighted by Gasteiger charge is -2.10. The molecule has 0 aliphatic rings. The Balaban J connectivity index is 1.91. The molecule has 0 bridgehead atoms. The number of nitrogen functional groups attached to an aromatic ring is 1. The van der Waals surface area contributed by atoms with Gasteiger partial charge >= 0.3 is 0 Å². The number of rotatable bonds is 3. The topological polar surface area (TPSA) is 48.1 Å². The van der Waals surface area contributed by atoms with Gasteiger partial charge < -0.3 is 10.5 Å². The second-order valence-electron chi connectivity index (χ2n) is 4.92. The molecule has 0 amide bonds. The molecule has 106 valence electrons. The SMILES string of the molecule is Cc1ccc2cccc(OCc3cc(N)ccc3Cl)c2n1. The monoisotopic (exact) mass is 298 g/mol. The molecule has 3 aromatic rings. The van der Waals surface area contributed by atoms with Crippen molar-refractivity contribution in [2.24, 2.45) is 0 Å². The first-order chi connectivity index (χ1) is 10.1. The molecule has 3 nitrogen and oxygen atoms in total. The minimum atomic E-state index is 0.360. The Kier molecular flexibility index (Phi) is 3.67. The number of hydrogen-bond acceptors (Lipinski definition) is 3. The highest BCUT2D eigenvalue weighted by Crippen LogP contribution is 2.26. The fourth-order valence-electron chi connectivity index (χ4n) is 2.19. The third-order valence-electron chi connectivity index (χ3n) is 3.28. The van der Waals surface area contributed by atoms with Crippen molar-refractivity contribution in [3.63, 3.8) is 0 Å². The van der Waals surface area contributed by atoms with Gasteiger partial charge in [0.15, 0.2) is 0 Å². The number of nitrogens with zero attached hydrogens (tertiary/aromatic N) is 1. The van der Waals surface area contributed by atoms with Crippen LogP contribution in [0.3, 0.4) is 0 Å². The molecule has 2 aromatic carbocycles. The van der Waals surface area contributed by atoms with Gasteiger partial charge in [-0.1, -0.05) is 29.8 Å². The van der Waals surface area contributed by atoms with Crippen LogP contribution in [0.25, 0.3) is 10.9 Å². The van der Waals surface area contributed by atoms with Crippen molar-refractivity contribution in [2.75, 3.05) is 5.73 Å². The predicted octanol–water partition coefficient (Wildman–Crippen LogP) is 4.36. The molecule has 0 aliphatic heterocycles. The van der Waals surface area contributed by atoms with Crippen molar-refractivity contribution >= 4 is 28.2 Å². The molecular weight excluding hydrogens is 284 g/mol. The zero-order valence-corrected chi connectivity index (χ0v) is 12.4. The summed E-state index contributed by atoms with van der Waals surface area (Å²) < 4.78 is 5.89. The molecule has 0 aliphatic carbocycles. The van der Waals surface area contributed by atoms with E-state index >= 15 is 0 Å². The first-order valence-electron chi connectivity index (χ1n) is 6.66. The maximum atomic E-state index is 6.15. The summed E-state index contributed by atoms with van der Waals surface area (Å²) in [4.78, 5) is 4.55. The Morgan fingerprint density at radius 2 is 2.00 bits per heavy atom. The van der Waals surface area contributed by atoms with Crippen LogP contribution in [0.15, 0.2) is 48.5 Å².